The molecule has 2 aromatic rings. The number of nitrogens with zero attached hydrogens (tertiary/aromatic N) is 2. The van der Waals surface area contributed by atoms with E-state index in [9.17, 15) is 0 Å². The van der Waals surface area contributed by atoms with E-state index in [-0.39, 0.29) is 24.0 Å². The molecule has 27 heavy (non-hydrogen) atoms. The van der Waals surface area contributed by atoms with E-state index in [4.69, 9.17) is 4.74 Å². The fraction of sp³-hybridized carbons (Fsp3) is 0.500. The van der Waals surface area contributed by atoms with E-state index in [1.165, 1.54) is 29.1 Å². The number of nitrogens with one attached hydrogen (secondary N) is 2. The Kier molecular flexibility index (Phi) is 9.33. The van der Waals surface area contributed by atoms with E-state index in [0.717, 1.165) is 36.7 Å². The molecular weight excluding hydrogens is 471 g/mol. The van der Waals surface area contributed by atoms with Crippen molar-refractivity contribution in [2.75, 3.05) is 13.6 Å². The maximum absolute atomic E-state index is 6.09. The minimum Gasteiger partial charge on any atom is -0.490 e. The molecule has 5 nitrogen and oxygen atoms in total. The molecule has 1 aliphatic rings. The molecular formula is C20H29IN4OS. The minimum atomic E-state index is 0. The first-order valence-corrected chi connectivity index (χ1v) is 10.2. The molecule has 1 aliphatic carbocycles. The third-order valence-corrected chi connectivity index (χ3v) is 5.77. The predicted molar refractivity (Wildman–Crippen MR) is 124 cm³/mol. The van der Waals surface area contributed by atoms with Gasteiger partial charge in [0, 0.05) is 43.2 Å². The second kappa shape index (κ2) is 11.5. The molecule has 7 heteroatoms. The number of para-hydroxylation sites is 1. The summed E-state index contributed by atoms with van der Waals surface area (Å²) in [6.07, 6.45) is 7.94. The number of rotatable bonds is 8. The van der Waals surface area contributed by atoms with Crippen LogP contribution in [-0.2, 0) is 19.4 Å². The lowest BCUT2D eigenvalue weighted by atomic mass is 9.96. The summed E-state index contributed by atoms with van der Waals surface area (Å²) in [6.45, 7) is 3.67. The van der Waals surface area contributed by atoms with Gasteiger partial charge in [0.25, 0.3) is 0 Å². The molecule has 1 aromatic carbocycles. The van der Waals surface area contributed by atoms with E-state index in [0.29, 0.717) is 12.6 Å². The van der Waals surface area contributed by atoms with Crippen LogP contribution in [0.3, 0.4) is 0 Å². The Labute approximate surface area is 183 Å². The molecule has 0 bridgehead atoms. The molecule has 0 atom stereocenters. The fourth-order valence-electron chi connectivity index (χ4n) is 2.75. The van der Waals surface area contributed by atoms with Crippen molar-refractivity contribution in [3.63, 3.8) is 0 Å². The number of halogens is 1. The summed E-state index contributed by atoms with van der Waals surface area (Å²) in [5.41, 5.74) is 1.16. The predicted octanol–water partition coefficient (Wildman–Crippen LogP) is 4.16. The van der Waals surface area contributed by atoms with Crippen LogP contribution in [0.15, 0.2) is 35.5 Å². The van der Waals surface area contributed by atoms with Crippen LogP contribution in [0.2, 0.25) is 0 Å². The highest BCUT2D eigenvalue weighted by molar-refractivity contribution is 14.0. The molecule has 1 heterocycles. The first-order valence-electron chi connectivity index (χ1n) is 9.41. The zero-order chi connectivity index (χ0) is 18.2. The molecule has 0 radical (unpaired) electrons. The van der Waals surface area contributed by atoms with E-state index < -0.39 is 0 Å². The largest absolute Gasteiger partial charge is 0.490 e. The number of guanidine groups is 1. The molecule has 1 fully saturated rings. The monoisotopic (exact) mass is 500 g/mol. The van der Waals surface area contributed by atoms with Crippen molar-refractivity contribution in [3.05, 3.63) is 45.9 Å². The van der Waals surface area contributed by atoms with Gasteiger partial charge in [0.2, 0.25) is 0 Å². The molecule has 3 rings (SSSR count). The number of thiazole rings is 1. The molecule has 148 valence electrons. The van der Waals surface area contributed by atoms with Gasteiger partial charge in [-0.15, -0.1) is 35.3 Å². The van der Waals surface area contributed by atoms with E-state index in [1.54, 1.807) is 18.4 Å². The van der Waals surface area contributed by atoms with E-state index in [1.807, 2.05) is 12.3 Å². The van der Waals surface area contributed by atoms with Crippen molar-refractivity contribution in [2.45, 2.75) is 51.7 Å². The van der Waals surface area contributed by atoms with Crippen LogP contribution in [0.4, 0.5) is 0 Å². The fourth-order valence-corrected chi connectivity index (χ4v) is 3.61. The number of hydrogen-bond donors (Lipinski definition) is 2. The quantitative estimate of drug-likeness (QED) is 0.325. The van der Waals surface area contributed by atoms with Gasteiger partial charge < -0.3 is 15.4 Å². The zero-order valence-electron chi connectivity index (χ0n) is 16.0. The van der Waals surface area contributed by atoms with Crippen molar-refractivity contribution in [3.8, 4) is 5.75 Å². The molecule has 0 aliphatic heterocycles. The summed E-state index contributed by atoms with van der Waals surface area (Å²) in [4.78, 5) is 10.1. The molecule has 0 amide bonds. The van der Waals surface area contributed by atoms with Crippen molar-refractivity contribution in [2.24, 2.45) is 4.99 Å². The average Bonchev–Trinajstić information content (AvgIpc) is 3.10. The second-order valence-electron chi connectivity index (χ2n) is 6.45. The summed E-state index contributed by atoms with van der Waals surface area (Å²) in [5, 5.41) is 7.91. The first-order chi connectivity index (χ1) is 12.8. The number of benzene rings is 1. The van der Waals surface area contributed by atoms with Crippen LogP contribution in [0, 0.1) is 0 Å². The summed E-state index contributed by atoms with van der Waals surface area (Å²) in [5.74, 6) is 1.78. The lowest BCUT2D eigenvalue weighted by Gasteiger charge is -2.27. The van der Waals surface area contributed by atoms with Gasteiger partial charge in [-0.25, -0.2) is 4.98 Å². The van der Waals surface area contributed by atoms with Crippen LogP contribution in [-0.4, -0.2) is 30.6 Å². The van der Waals surface area contributed by atoms with Gasteiger partial charge in [-0.05, 0) is 31.7 Å². The molecule has 0 spiro atoms. The lowest BCUT2D eigenvalue weighted by molar-refractivity contribution is 0.119. The zero-order valence-corrected chi connectivity index (χ0v) is 19.2. The summed E-state index contributed by atoms with van der Waals surface area (Å²) < 4.78 is 6.09. The van der Waals surface area contributed by atoms with Gasteiger partial charge in [0.15, 0.2) is 5.96 Å². The number of ether oxygens (including phenoxy) is 1. The van der Waals surface area contributed by atoms with Crippen LogP contribution < -0.4 is 15.4 Å². The number of aliphatic imine (C=N–C) groups is 1. The van der Waals surface area contributed by atoms with Crippen LogP contribution in [0.1, 0.15) is 41.6 Å². The van der Waals surface area contributed by atoms with Gasteiger partial charge in [0.05, 0.1) is 11.1 Å². The van der Waals surface area contributed by atoms with Crippen LogP contribution >= 0.6 is 35.3 Å². The van der Waals surface area contributed by atoms with Crippen molar-refractivity contribution >= 4 is 41.3 Å². The van der Waals surface area contributed by atoms with Gasteiger partial charge in [-0.2, -0.15) is 0 Å². The van der Waals surface area contributed by atoms with Crippen molar-refractivity contribution in [1.82, 2.24) is 15.6 Å². The Morgan fingerprint density at radius 3 is 2.78 bits per heavy atom. The normalized spacial score (nSPS) is 14.2. The summed E-state index contributed by atoms with van der Waals surface area (Å²) in [6, 6.07) is 8.24. The van der Waals surface area contributed by atoms with Gasteiger partial charge in [0.1, 0.15) is 5.75 Å². The standard InChI is InChI=1S/C20H28N4OS.HI/c1-3-17-14-23-19(26-17)11-12-22-20(21-2)24-13-15-7-4-5-10-18(15)25-16-8-6-9-16;/h4-5,7,10,14,16H,3,6,8-9,11-13H2,1-2H3,(H2,21,22,24);1H. The summed E-state index contributed by atoms with van der Waals surface area (Å²) >= 11 is 1.79. The van der Waals surface area contributed by atoms with Gasteiger partial charge in [-0.3, -0.25) is 4.99 Å². The SMILES string of the molecule is CCc1cnc(CCNC(=NC)NCc2ccccc2OC2CCC2)s1.I. The van der Waals surface area contributed by atoms with Crippen molar-refractivity contribution in [1.29, 1.82) is 0 Å². The van der Waals surface area contributed by atoms with E-state index >= 15 is 0 Å². The molecule has 2 N–H and O–H groups in total. The maximum atomic E-state index is 6.09. The second-order valence-corrected chi connectivity index (χ2v) is 7.65. The Morgan fingerprint density at radius 2 is 2.11 bits per heavy atom. The molecule has 0 saturated heterocycles. The van der Waals surface area contributed by atoms with Gasteiger partial charge in [-0.1, -0.05) is 25.1 Å². The van der Waals surface area contributed by atoms with Gasteiger partial charge >= 0.3 is 0 Å². The third kappa shape index (κ3) is 6.64. The Morgan fingerprint density at radius 1 is 1.30 bits per heavy atom. The maximum Gasteiger partial charge on any atom is 0.191 e. The summed E-state index contributed by atoms with van der Waals surface area (Å²) in [7, 11) is 1.80. The van der Waals surface area contributed by atoms with Crippen molar-refractivity contribution < 1.29 is 4.74 Å². The Balaban J connectivity index is 0.00000261. The molecule has 0 unspecified atom stereocenters. The van der Waals surface area contributed by atoms with Crippen LogP contribution in [0.5, 0.6) is 5.75 Å². The lowest BCUT2D eigenvalue weighted by Crippen LogP contribution is -2.38. The highest BCUT2D eigenvalue weighted by atomic mass is 127. The Hall–Kier alpha value is -1.35. The smallest absolute Gasteiger partial charge is 0.191 e. The number of aryl methyl sites for hydroxylation is 1. The third-order valence-electron chi connectivity index (χ3n) is 4.57. The van der Waals surface area contributed by atoms with E-state index in [2.05, 4.69) is 45.7 Å². The number of aromatic nitrogens is 1. The number of hydrogen-bond acceptors (Lipinski definition) is 4. The average molecular weight is 500 g/mol. The molecule has 1 aromatic heterocycles. The minimum absolute atomic E-state index is 0. The van der Waals surface area contributed by atoms with Crippen LogP contribution in [0.25, 0.3) is 0 Å². The topological polar surface area (TPSA) is 58.5 Å². The Bertz CT molecular complexity index is 730. The highest BCUT2D eigenvalue weighted by Crippen LogP contribution is 2.27. The molecule has 1 saturated carbocycles. The highest BCUT2D eigenvalue weighted by Gasteiger charge is 2.20. The first kappa shape index (κ1) is 21.9.